The molecule has 0 bridgehead atoms. The van der Waals surface area contributed by atoms with Crippen LogP contribution in [0.1, 0.15) is 0 Å². The summed E-state index contributed by atoms with van der Waals surface area (Å²) < 4.78 is 34.2. The van der Waals surface area contributed by atoms with Crippen LogP contribution in [0.3, 0.4) is 0 Å². The lowest BCUT2D eigenvalue weighted by molar-refractivity contribution is 0.0916. The largest absolute Gasteiger partial charge is 0.484 e. The second-order valence-electron chi connectivity index (χ2n) is 4.11. The number of ether oxygens (including phenoxy) is 2. The van der Waals surface area contributed by atoms with Gasteiger partial charge in [-0.05, 0) is 13.1 Å². The van der Waals surface area contributed by atoms with E-state index < -0.39 is 9.84 Å². The summed E-state index contributed by atoms with van der Waals surface area (Å²) in [5, 5.41) is 3.22. The lowest BCUT2D eigenvalue weighted by Gasteiger charge is -2.27. The molecule has 0 unspecified atom stereocenters. The van der Waals surface area contributed by atoms with Gasteiger partial charge in [-0.2, -0.15) is 0 Å². The van der Waals surface area contributed by atoms with Crippen molar-refractivity contribution in [1.29, 1.82) is 0 Å². The van der Waals surface area contributed by atoms with Gasteiger partial charge in [0.25, 0.3) is 0 Å². The molecule has 1 aromatic carbocycles. The van der Waals surface area contributed by atoms with E-state index in [1.807, 2.05) is 0 Å². The van der Waals surface area contributed by atoms with Crippen molar-refractivity contribution in [3.05, 3.63) is 17.2 Å². The van der Waals surface area contributed by atoms with E-state index in [2.05, 4.69) is 5.32 Å². The molecule has 1 aliphatic rings. The van der Waals surface area contributed by atoms with Crippen LogP contribution >= 0.6 is 11.6 Å². The molecule has 0 aliphatic carbocycles. The first kappa shape index (κ1) is 13.5. The molecule has 0 fully saturated rings. The zero-order chi connectivity index (χ0) is 13.3. The van der Waals surface area contributed by atoms with Gasteiger partial charge in [-0.1, -0.05) is 11.6 Å². The molecule has 1 aromatic rings. The van der Waals surface area contributed by atoms with Crippen molar-refractivity contribution in [3.63, 3.8) is 0 Å². The number of halogens is 1. The average Bonchev–Trinajstić information content (AvgIpc) is 2.27. The molecule has 1 aliphatic heterocycles. The molecule has 7 heteroatoms. The summed E-state index contributed by atoms with van der Waals surface area (Å²) in [5.74, 6) is 0.769. The molecule has 0 saturated heterocycles. The van der Waals surface area contributed by atoms with Crippen molar-refractivity contribution in [2.75, 3.05) is 26.5 Å². The minimum atomic E-state index is -3.32. The number of benzene rings is 1. The van der Waals surface area contributed by atoms with Crippen LogP contribution < -0.4 is 14.8 Å². The fraction of sp³-hybridized carbons (Fsp3) is 0.455. The molecule has 1 heterocycles. The van der Waals surface area contributed by atoms with Crippen LogP contribution in [0.25, 0.3) is 0 Å². The Hall–Kier alpha value is -0.980. The maximum Gasteiger partial charge on any atom is 0.180 e. The third-order valence-electron chi connectivity index (χ3n) is 2.55. The van der Waals surface area contributed by atoms with Gasteiger partial charge < -0.3 is 14.8 Å². The fourth-order valence-corrected chi connectivity index (χ4v) is 2.69. The van der Waals surface area contributed by atoms with E-state index in [1.165, 1.54) is 12.1 Å². The summed E-state index contributed by atoms with van der Waals surface area (Å²) in [6, 6.07) is 2.82. The summed E-state index contributed by atoms with van der Waals surface area (Å²) in [4.78, 5) is 0.125. The number of likely N-dealkylation sites (N-methyl/N-ethyl adjacent to an activating group) is 1. The van der Waals surface area contributed by atoms with Crippen LogP contribution in [0.4, 0.5) is 0 Å². The van der Waals surface area contributed by atoms with Gasteiger partial charge in [0.05, 0.1) is 9.92 Å². The van der Waals surface area contributed by atoms with Crippen LogP contribution in [0.2, 0.25) is 5.02 Å². The van der Waals surface area contributed by atoms with Crippen molar-refractivity contribution in [2.24, 2.45) is 0 Å². The van der Waals surface area contributed by atoms with E-state index in [-0.39, 0.29) is 16.0 Å². The summed E-state index contributed by atoms with van der Waals surface area (Å²) >= 11 is 5.99. The van der Waals surface area contributed by atoms with Gasteiger partial charge in [-0.25, -0.2) is 8.42 Å². The minimum absolute atomic E-state index is 0.125. The Bertz CT molecular complexity index is 558. The molecular weight excluding hydrogens is 278 g/mol. The number of hydrogen-bond donors (Lipinski definition) is 1. The van der Waals surface area contributed by atoms with Crippen molar-refractivity contribution in [3.8, 4) is 11.5 Å². The zero-order valence-corrected chi connectivity index (χ0v) is 11.6. The number of hydrogen-bond acceptors (Lipinski definition) is 5. The molecule has 0 spiro atoms. The van der Waals surface area contributed by atoms with Crippen molar-refractivity contribution >= 4 is 21.4 Å². The number of fused-ring (bicyclic) bond motifs is 1. The van der Waals surface area contributed by atoms with Crippen LogP contribution in [0.15, 0.2) is 17.0 Å². The second kappa shape index (κ2) is 4.95. The van der Waals surface area contributed by atoms with Crippen LogP contribution in [-0.4, -0.2) is 41.0 Å². The minimum Gasteiger partial charge on any atom is -0.484 e. The number of nitrogens with one attached hydrogen (secondary N) is 1. The Morgan fingerprint density at radius 1 is 1.50 bits per heavy atom. The lowest BCUT2D eigenvalue weighted by atomic mass is 10.2. The van der Waals surface area contributed by atoms with E-state index in [1.54, 1.807) is 7.05 Å². The van der Waals surface area contributed by atoms with E-state index in [4.69, 9.17) is 21.1 Å². The van der Waals surface area contributed by atoms with E-state index in [0.717, 1.165) is 6.26 Å². The highest BCUT2D eigenvalue weighted by Crippen LogP contribution is 2.40. The zero-order valence-electron chi connectivity index (χ0n) is 10.1. The predicted octanol–water partition coefficient (Wildman–Crippen LogP) is 1.10. The molecule has 0 amide bonds. The first-order chi connectivity index (χ1) is 8.41. The molecule has 1 N–H and O–H groups in total. The van der Waals surface area contributed by atoms with Crippen molar-refractivity contribution < 1.29 is 17.9 Å². The van der Waals surface area contributed by atoms with E-state index in [9.17, 15) is 8.42 Å². The number of rotatable bonds is 3. The summed E-state index contributed by atoms with van der Waals surface area (Å²) in [6.07, 6.45) is 0.966. The van der Waals surface area contributed by atoms with Gasteiger partial charge in [-0.15, -0.1) is 0 Å². The highest BCUT2D eigenvalue weighted by atomic mass is 35.5. The van der Waals surface area contributed by atoms with Crippen LogP contribution in [-0.2, 0) is 9.84 Å². The highest BCUT2D eigenvalue weighted by molar-refractivity contribution is 7.90. The third kappa shape index (κ3) is 2.71. The van der Waals surface area contributed by atoms with Gasteiger partial charge >= 0.3 is 0 Å². The highest BCUT2D eigenvalue weighted by Gasteiger charge is 2.25. The third-order valence-corrected chi connectivity index (χ3v) is 3.92. The van der Waals surface area contributed by atoms with Crippen LogP contribution in [0.5, 0.6) is 11.5 Å². The quantitative estimate of drug-likeness (QED) is 0.903. The van der Waals surface area contributed by atoms with Crippen molar-refractivity contribution in [1.82, 2.24) is 5.32 Å². The predicted molar refractivity (Wildman–Crippen MR) is 68.4 cm³/mol. The van der Waals surface area contributed by atoms with E-state index in [0.29, 0.717) is 24.7 Å². The fourth-order valence-electron chi connectivity index (χ4n) is 1.70. The molecule has 1 atom stereocenters. The lowest BCUT2D eigenvalue weighted by Crippen LogP contribution is -2.37. The smallest absolute Gasteiger partial charge is 0.180 e. The molecule has 0 radical (unpaired) electrons. The van der Waals surface area contributed by atoms with E-state index >= 15 is 0 Å². The Morgan fingerprint density at radius 2 is 2.22 bits per heavy atom. The Labute approximate surface area is 111 Å². The van der Waals surface area contributed by atoms with Gasteiger partial charge in [0.2, 0.25) is 0 Å². The first-order valence-corrected chi connectivity index (χ1v) is 7.66. The molecule has 18 heavy (non-hydrogen) atoms. The first-order valence-electron chi connectivity index (χ1n) is 5.39. The molecule has 5 nitrogen and oxygen atoms in total. The molecule has 2 rings (SSSR count). The topological polar surface area (TPSA) is 64.6 Å². The number of sulfone groups is 1. The average molecular weight is 292 g/mol. The maximum atomic E-state index is 11.5. The maximum absolute atomic E-state index is 11.5. The summed E-state index contributed by atoms with van der Waals surface area (Å²) in [5.41, 5.74) is 0. The van der Waals surface area contributed by atoms with Crippen LogP contribution in [0, 0.1) is 0 Å². The van der Waals surface area contributed by atoms with Crippen molar-refractivity contribution in [2.45, 2.75) is 11.0 Å². The Morgan fingerprint density at radius 3 is 2.83 bits per heavy atom. The SMILES string of the molecule is CNC[C@H]1COc2c(Cl)cc(S(C)(=O)=O)cc2O1. The monoisotopic (exact) mass is 291 g/mol. The Kier molecular flexibility index (Phi) is 3.70. The summed E-state index contributed by atoms with van der Waals surface area (Å²) in [6.45, 7) is 0.992. The standard InChI is InChI=1S/C11H14ClNO4S/c1-13-5-7-6-16-11-9(12)3-8(18(2,14)15)4-10(11)17-7/h3-4,7,13H,5-6H2,1-2H3/t7-/m0/s1. The van der Waals surface area contributed by atoms with Gasteiger partial charge in [0, 0.05) is 18.9 Å². The molecule has 0 saturated carbocycles. The normalized spacial score (nSPS) is 18.7. The molecular formula is C11H14ClNO4S. The van der Waals surface area contributed by atoms with Gasteiger partial charge in [0.1, 0.15) is 12.7 Å². The Balaban J connectivity index is 2.40. The van der Waals surface area contributed by atoms with Gasteiger partial charge in [0.15, 0.2) is 21.3 Å². The second-order valence-corrected chi connectivity index (χ2v) is 6.54. The summed E-state index contributed by atoms with van der Waals surface area (Å²) in [7, 11) is -1.52. The van der Waals surface area contributed by atoms with Gasteiger partial charge in [-0.3, -0.25) is 0 Å². The molecule has 100 valence electrons. The molecule has 0 aromatic heterocycles.